The van der Waals surface area contributed by atoms with Gasteiger partial charge in [-0.2, -0.15) is 4.39 Å². The quantitative estimate of drug-likeness (QED) is 0.254. The van der Waals surface area contributed by atoms with Gasteiger partial charge in [0.2, 0.25) is 11.6 Å². The van der Waals surface area contributed by atoms with Gasteiger partial charge in [0.05, 0.1) is 15.3 Å². The number of carbonyl (C=O) groups excluding carboxylic acids is 1. The molecule has 0 aliphatic heterocycles. The fraction of sp³-hybridized carbons (Fsp3) is 0.0417. The molecule has 4 aromatic rings. The number of benzene rings is 3. The van der Waals surface area contributed by atoms with Crippen LogP contribution in [0.4, 0.5) is 18.9 Å². The lowest BCUT2D eigenvalue weighted by atomic mass is 10.1. The number of hydrogen-bond acceptors (Lipinski definition) is 5. The number of anilines is 1. The maximum Gasteiger partial charge on any atom is 0.261 e. The normalized spacial score (nSPS) is 11.4. The van der Waals surface area contributed by atoms with Gasteiger partial charge in [-0.25, -0.2) is 17.2 Å². The fourth-order valence-corrected chi connectivity index (χ4v) is 5.18. The summed E-state index contributed by atoms with van der Waals surface area (Å²) in [4.78, 5) is 13.3. The third kappa shape index (κ3) is 4.55. The molecule has 0 unspecified atom stereocenters. The van der Waals surface area contributed by atoms with Gasteiger partial charge in [0.25, 0.3) is 10.0 Å². The van der Waals surface area contributed by atoms with Crippen LogP contribution < -0.4 is 4.72 Å². The van der Waals surface area contributed by atoms with Crippen LogP contribution in [0.2, 0.25) is 0 Å². The average molecular weight is 504 g/mol. The van der Waals surface area contributed by atoms with Crippen LogP contribution in [0.5, 0.6) is 5.75 Å². The van der Waals surface area contributed by atoms with E-state index in [0.29, 0.717) is 16.5 Å². The molecular weight excluding hydrogens is 487 g/mol. The van der Waals surface area contributed by atoms with E-state index < -0.39 is 44.6 Å². The summed E-state index contributed by atoms with van der Waals surface area (Å²) in [5, 5.41) is 9.37. The molecular formula is C24H16F3NO4S2. The molecule has 3 aromatic carbocycles. The number of ketones is 1. The lowest BCUT2D eigenvalue weighted by Gasteiger charge is -2.09. The van der Waals surface area contributed by atoms with Crippen molar-refractivity contribution in [2.75, 3.05) is 4.72 Å². The van der Waals surface area contributed by atoms with E-state index in [2.05, 4.69) is 4.72 Å². The summed E-state index contributed by atoms with van der Waals surface area (Å²) >= 11 is 0.947. The van der Waals surface area contributed by atoms with Crippen LogP contribution in [0.25, 0.3) is 10.4 Å². The summed E-state index contributed by atoms with van der Waals surface area (Å²) in [5.41, 5.74) is 0.976. The Kier molecular flexibility index (Phi) is 6.20. The summed E-state index contributed by atoms with van der Waals surface area (Å²) < 4.78 is 68.9. The van der Waals surface area contributed by atoms with Gasteiger partial charge < -0.3 is 5.11 Å². The van der Waals surface area contributed by atoms with Crippen LogP contribution in [0.1, 0.15) is 20.8 Å². The van der Waals surface area contributed by atoms with Crippen molar-refractivity contribution in [3.63, 3.8) is 0 Å². The summed E-state index contributed by atoms with van der Waals surface area (Å²) in [7, 11) is -3.82. The molecule has 4 rings (SSSR count). The zero-order chi connectivity index (χ0) is 24.6. The van der Waals surface area contributed by atoms with Crippen LogP contribution in [-0.2, 0) is 10.0 Å². The van der Waals surface area contributed by atoms with Crippen molar-refractivity contribution in [2.24, 2.45) is 0 Å². The first kappa shape index (κ1) is 23.5. The van der Waals surface area contributed by atoms with Gasteiger partial charge in [0.1, 0.15) is 0 Å². The second-order valence-electron chi connectivity index (χ2n) is 7.37. The molecule has 0 amide bonds. The van der Waals surface area contributed by atoms with Crippen LogP contribution >= 0.6 is 11.3 Å². The highest BCUT2D eigenvalue weighted by molar-refractivity contribution is 7.92. The molecule has 0 spiro atoms. The Labute approximate surface area is 197 Å². The van der Waals surface area contributed by atoms with Gasteiger partial charge in [-0.15, -0.1) is 11.3 Å². The highest BCUT2D eigenvalue weighted by atomic mass is 32.2. The van der Waals surface area contributed by atoms with Gasteiger partial charge in [0.15, 0.2) is 17.4 Å². The number of halogens is 3. The predicted octanol–water partition coefficient (Wildman–Crippen LogP) is 5.88. The number of rotatable bonds is 6. The fourth-order valence-electron chi connectivity index (χ4n) is 3.17. The van der Waals surface area contributed by atoms with Crippen molar-refractivity contribution in [1.82, 2.24) is 0 Å². The van der Waals surface area contributed by atoms with Crippen molar-refractivity contribution >= 4 is 32.8 Å². The van der Waals surface area contributed by atoms with Crippen molar-refractivity contribution < 1.29 is 31.5 Å². The second-order valence-corrected chi connectivity index (χ2v) is 10.1. The molecule has 0 saturated heterocycles. The Morgan fingerprint density at radius 2 is 1.65 bits per heavy atom. The zero-order valence-corrected chi connectivity index (χ0v) is 19.1. The maximum atomic E-state index is 14.1. The lowest BCUT2D eigenvalue weighted by Crippen LogP contribution is -2.12. The van der Waals surface area contributed by atoms with E-state index in [1.165, 1.54) is 18.2 Å². The molecule has 5 nitrogen and oxygen atoms in total. The number of carbonyl (C=O) groups is 1. The molecule has 0 aliphatic rings. The smallest absolute Gasteiger partial charge is 0.261 e. The number of thiophene rings is 1. The number of hydrogen-bond donors (Lipinski definition) is 2. The van der Waals surface area contributed by atoms with Crippen LogP contribution in [-0.4, -0.2) is 19.3 Å². The Morgan fingerprint density at radius 1 is 0.941 bits per heavy atom. The SMILES string of the molecule is Cc1ccc(S(=O)(=O)Nc2cccc(-c3ccc(C(=O)c4cc(F)c(F)c(O)c4F)s3)c2)cc1. The van der Waals surface area contributed by atoms with Crippen LogP contribution in [0.3, 0.4) is 0 Å². The van der Waals surface area contributed by atoms with Gasteiger partial charge in [0, 0.05) is 10.6 Å². The van der Waals surface area contributed by atoms with E-state index in [-0.39, 0.29) is 15.5 Å². The zero-order valence-electron chi connectivity index (χ0n) is 17.5. The van der Waals surface area contributed by atoms with E-state index in [0.717, 1.165) is 16.9 Å². The van der Waals surface area contributed by atoms with Crippen molar-refractivity contribution in [2.45, 2.75) is 11.8 Å². The molecule has 0 saturated carbocycles. The molecule has 0 aliphatic carbocycles. The molecule has 34 heavy (non-hydrogen) atoms. The first-order chi connectivity index (χ1) is 16.1. The number of sulfonamides is 1. The highest BCUT2D eigenvalue weighted by Gasteiger charge is 2.24. The van der Waals surface area contributed by atoms with E-state index in [9.17, 15) is 31.5 Å². The Hall–Kier alpha value is -3.63. The maximum absolute atomic E-state index is 14.1. The Bertz CT molecular complexity index is 1510. The molecule has 2 N–H and O–H groups in total. The number of nitrogens with one attached hydrogen (secondary N) is 1. The topological polar surface area (TPSA) is 83.5 Å². The minimum atomic E-state index is -3.82. The van der Waals surface area contributed by atoms with Gasteiger partial charge in [-0.1, -0.05) is 29.8 Å². The van der Waals surface area contributed by atoms with Gasteiger partial charge in [-0.3, -0.25) is 9.52 Å². The molecule has 10 heteroatoms. The number of aryl methyl sites for hydroxylation is 1. The van der Waals surface area contributed by atoms with Crippen LogP contribution in [0.15, 0.2) is 71.6 Å². The minimum absolute atomic E-state index is 0.0185. The second kappa shape index (κ2) is 8.96. The molecule has 174 valence electrons. The molecule has 1 aromatic heterocycles. The third-order valence-corrected chi connectivity index (χ3v) is 7.47. The van der Waals surface area contributed by atoms with E-state index in [4.69, 9.17) is 0 Å². The van der Waals surface area contributed by atoms with E-state index in [1.54, 1.807) is 42.5 Å². The summed E-state index contributed by atoms with van der Waals surface area (Å²) in [6.45, 7) is 1.84. The minimum Gasteiger partial charge on any atom is -0.503 e. The first-order valence-electron chi connectivity index (χ1n) is 9.78. The number of phenolic OH excluding ortho intramolecular Hbond substituents is 1. The van der Waals surface area contributed by atoms with Crippen molar-refractivity contribution in [1.29, 1.82) is 0 Å². The molecule has 0 bridgehead atoms. The largest absolute Gasteiger partial charge is 0.503 e. The van der Waals surface area contributed by atoms with Gasteiger partial charge in [-0.05, 0) is 55.0 Å². The van der Waals surface area contributed by atoms with Crippen molar-refractivity contribution in [3.05, 3.63) is 100 Å². The van der Waals surface area contributed by atoms with E-state index in [1.807, 2.05) is 6.92 Å². The Balaban J connectivity index is 1.61. The van der Waals surface area contributed by atoms with Crippen molar-refractivity contribution in [3.8, 4) is 16.2 Å². The van der Waals surface area contributed by atoms with Gasteiger partial charge >= 0.3 is 0 Å². The monoisotopic (exact) mass is 503 g/mol. The predicted molar refractivity (Wildman–Crippen MR) is 123 cm³/mol. The summed E-state index contributed by atoms with van der Waals surface area (Å²) in [6.07, 6.45) is 0. The first-order valence-corrected chi connectivity index (χ1v) is 12.1. The molecule has 1 heterocycles. The molecule has 0 atom stereocenters. The van der Waals surface area contributed by atoms with Crippen LogP contribution in [0, 0.1) is 24.4 Å². The Morgan fingerprint density at radius 3 is 2.35 bits per heavy atom. The summed E-state index contributed by atoms with van der Waals surface area (Å²) in [6, 6.07) is 16.1. The highest BCUT2D eigenvalue weighted by Crippen LogP contribution is 2.33. The summed E-state index contributed by atoms with van der Waals surface area (Å²) in [5.74, 6) is -7.36. The third-order valence-electron chi connectivity index (χ3n) is 4.94. The standard InChI is InChI=1S/C24H16F3NO4S2/c1-13-5-7-16(8-6-13)34(31,32)28-15-4-2-3-14(11-15)19-9-10-20(33-19)23(29)17-12-18(25)22(27)24(30)21(17)26/h2-12,28,30H,1H3. The lowest BCUT2D eigenvalue weighted by molar-refractivity contribution is 0.103. The van der Waals surface area contributed by atoms with E-state index >= 15 is 0 Å². The molecule has 0 fully saturated rings. The average Bonchev–Trinajstić information content (AvgIpc) is 3.30. The number of phenols is 1. The number of aromatic hydroxyl groups is 1. The molecule has 0 radical (unpaired) electrons.